The quantitative estimate of drug-likeness (QED) is 0.262. The van der Waals surface area contributed by atoms with E-state index in [1.54, 1.807) is 0 Å². The molecule has 5 heterocycles. The molecule has 0 N–H and O–H groups in total. The van der Waals surface area contributed by atoms with E-state index in [0.29, 0.717) is 0 Å². The topological polar surface area (TPSA) is 56.5 Å². The highest BCUT2D eigenvalue weighted by Gasteiger charge is 2.18. The van der Waals surface area contributed by atoms with Crippen LogP contribution in [0.2, 0.25) is 0 Å². The monoisotopic (exact) mass is 399 g/mol. The van der Waals surface area contributed by atoms with Gasteiger partial charge in [0.15, 0.2) is 0 Å². The number of furan rings is 2. The van der Waals surface area contributed by atoms with Crippen LogP contribution in [0.15, 0.2) is 88.1 Å². The lowest BCUT2D eigenvalue weighted by Crippen LogP contribution is -1.92. The van der Waals surface area contributed by atoms with Gasteiger partial charge >= 0.3 is 0 Å². The van der Waals surface area contributed by atoms with E-state index < -0.39 is 0 Å². The second-order valence-corrected chi connectivity index (χ2v) is 7.90. The van der Waals surface area contributed by atoms with Gasteiger partial charge in [-0.1, -0.05) is 18.2 Å². The summed E-state index contributed by atoms with van der Waals surface area (Å²) in [5.74, 6) is 0. The van der Waals surface area contributed by atoms with Gasteiger partial charge in [-0.05, 0) is 42.5 Å². The van der Waals surface area contributed by atoms with Crippen molar-refractivity contribution in [2.45, 2.75) is 0 Å². The fourth-order valence-corrected chi connectivity index (χ4v) is 4.96. The molecule has 5 aromatic heterocycles. The molecule has 5 heteroatoms. The first-order chi connectivity index (χ1) is 15.4. The van der Waals surface area contributed by atoms with Crippen LogP contribution < -0.4 is 0 Å². The first kappa shape index (κ1) is 15.5. The van der Waals surface area contributed by atoms with Crippen LogP contribution in [-0.4, -0.2) is 14.4 Å². The Kier molecular flexibility index (Phi) is 2.60. The third kappa shape index (κ3) is 1.82. The molecule has 0 aliphatic heterocycles. The van der Waals surface area contributed by atoms with Crippen LogP contribution in [-0.2, 0) is 0 Å². The number of nitrogens with zero attached hydrogens (tertiary/aromatic N) is 3. The molecule has 5 nitrogen and oxygen atoms in total. The van der Waals surface area contributed by atoms with Crippen molar-refractivity contribution in [3.8, 4) is 0 Å². The van der Waals surface area contributed by atoms with Gasteiger partial charge in [-0.2, -0.15) is 0 Å². The summed E-state index contributed by atoms with van der Waals surface area (Å²) < 4.78 is 14.7. The van der Waals surface area contributed by atoms with Crippen LogP contribution in [0.4, 0.5) is 0 Å². The highest BCUT2D eigenvalue weighted by molar-refractivity contribution is 6.24. The minimum absolute atomic E-state index is 0.837. The summed E-state index contributed by atoms with van der Waals surface area (Å²) >= 11 is 0. The summed E-state index contributed by atoms with van der Waals surface area (Å²) in [7, 11) is 0. The van der Waals surface area contributed by atoms with Gasteiger partial charge in [0.25, 0.3) is 0 Å². The molecule has 0 saturated heterocycles. The number of hydrogen-bond acceptors (Lipinski definition) is 4. The number of fused-ring (bicyclic) bond motifs is 13. The van der Waals surface area contributed by atoms with Crippen LogP contribution >= 0.6 is 0 Å². The van der Waals surface area contributed by atoms with Crippen molar-refractivity contribution >= 4 is 71.3 Å². The van der Waals surface area contributed by atoms with E-state index >= 15 is 0 Å². The average molecular weight is 399 g/mol. The molecule has 0 radical (unpaired) electrons. The Hall–Kier alpha value is -4.38. The maximum Gasteiger partial charge on any atom is 0.146 e. The van der Waals surface area contributed by atoms with Gasteiger partial charge in [-0.15, -0.1) is 0 Å². The summed E-state index contributed by atoms with van der Waals surface area (Å²) in [6, 6.07) is 20.5. The Morgan fingerprint density at radius 2 is 1.48 bits per heavy atom. The van der Waals surface area contributed by atoms with Crippen molar-refractivity contribution in [2.75, 3.05) is 0 Å². The molecule has 0 spiro atoms. The van der Waals surface area contributed by atoms with Crippen LogP contribution in [0, 0.1) is 0 Å². The van der Waals surface area contributed by atoms with Crippen molar-refractivity contribution in [2.24, 2.45) is 0 Å². The minimum Gasteiger partial charge on any atom is -0.456 e. The average Bonchev–Trinajstić information content (AvgIpc) is 3.52. The van der Waals surface area contributed by atoms with Gasteiger partial charge in [0, 0.05) is 45.5 Å². The molecule has 0 saturated carbocycles. The Morgan fingerprint density at radius 3 is 2.45 bits per heavy atom. The van der Waals surface area contributed by atoms with Gasteiger partial charge in [0.2, 0.25) is 0 Å². The number of aromatic nitrogens is 3. The summed E-state index contributed by atoms with van der Waals surface area (Å²) in [5.41, 5.74) is 6.26. The largest absolute Gasteiger partial charge is 0.456 e. The smallest absolute Gasteiger partial charge is 0.146 e. The number of pyridine rings is 2. The van der Waals surface area contributed by atoms with Gasteiger partial charge in [0.05, 0.1) is 16.4 Å². The Balaban J connectivity index is 1.62. The first-order valence-corrected chi connectivity index (χ1v) is 10.2. The van der Waals surface area contributed by atoms with Crippen molar-refractivity contribution in [3.63, 3.8) is 0 Å². The third-order valence-electron chi connectivity index (χ3n) is 6.30. The predicted octanol–water partition coefficient (Wildman–Crippen LogP) is 6.83. The zero-order valence-electron chi connectivity index (χ0n) is 16.2. The number of benzene rings is 3. The minimum atomic E-state index is 0.837. The van der Waals surface area contributed by atoms with E-state index in [0.717, 1.165) is 71.3 Å². The number of imidazole rings is 1. The summed E-state index contributed by atoms with van der Waals surface area (Å²) in [5, 5.41) is 6.25. The number of para-hydroxylation sites is 1. The van der Waals surface area contributed by atoms with E-state index in [-0.39, 0.29) is 0 Å². The lowest BCUT2D eigenvalue weighted by Gasteiger charge is -2.07. The maximum absolute atomic E-state index is 6.51. The Morgan fingerprint density at radius 1 is 0.645 bits per heavy atom. The highest BCUT2D eigenvalue weighted by atomic mass is 16.3. The molecule has 3 aromatic carbocycles. The maximum atomic E-state index is 6.51. The Bertz CT molecular complexity index is 2010. The SMILES string of the molecule is c1ccc2c(c1)oc1cc3c(cc12)oc1c3ccc2c1c1ncccc1c1nccn21. The molecule has 0 amide bonds. The molecule has 0 unspecified atom stereocenters. The first-order valence-electron chi connectivity index (χ1n) is 10.2. The summed E-state index contributed by atoms with van der Waals surface area (Å²) in [6.07, 6.45) is 5.63. The number of rotatable bonds is 0. The van der Waals surface area contributed by atoms with Crippen LogP contribution in [0.5, 0.6) is 0 Å². The second kappa shape index (κ2) is 5.21. The van der Waals surface area contributed by atoms with E-state index in [4.69, 9.17) is 13.8 Å². The van der Waals surface area contributed by atoms with Gasteiger partial charge in [-0.25, -0.2) is 4.98 Å². The van der Waals surface area contributed by atoms with Crippen molar-refractivity contribution in [1.29, 1.82) is 0 Å². The van der Waals surface area contributed by atoms with Crippen molar-refractivity contribution < 1.29 is 8.83 Å². The third-order valence-corrected chi connectivity index (χ3v) is 6.30. The molecule has 31 heavy (non-hydrogen) atoms. The fraction of sp³-hybridized carbons (Fsp3) is 0. The number of hydrogen-bond donors (Lipinski definition) is 0. The molecule has 0 bridgehead atoms. The highest BCUT2D eigenvalue weighted by Crippen LogP contribution is 2.40. The van der Waals surface area contributed by atoms with E-state index in [9.17, 15) is 0 Å². The van der Waals surface area contributed by atoms with Crippen LogP contribution in [0.1, 0.15) is 0 Å². The molecule has 0 fully saturated rings. The van der Waals surface area contributed by atoms with Gasteiger partial charge in [0.1, 0.15) is 28.0 Å². The van der Waals surface area contributed by atoms with Crippen LogP contribution in [0.3, 0.4) is 0 Å². The summed E-state index contributed by atoms with van der Waals surface area (Å²) in [4.78, 5) is 9.27. The lowest BCUT2D eigenvalue weighted by atomic mass is 10.1. The van der Waals surface area contributed by atoms with E-state index in [1.807, 2.05) is 42.9 Å². The molecule has 0 atom stereocenters. The standard InChI is InChI=1S/C26H13N3O2/c1-2-6-20-14(4-1)17-12-22-18(13-21(17)30-20)15-7-8-19-23(25(15)31-22)24-16(5-3-9-27-24)26-28-10-11-29(19)26/h1-13H. The van der Waals surface area contributed by atoms with E-state index in [2.05, 4.69) is 45.8 Å². The zero-order chi connectivity index (χ0) is 20.1. The predicted molar refractivity (Wildman–Crippen MR) is 123 cm³/mol. The van der Waals surface area contributed by atoms with Crippen molar-refractivity contribution in [1.82, 2.24) is 14.4 Å². The van der Waals surface area contributed by atoms with Crippen LogP contribution in [0.25, 0.3) is 71.3 Å². The molecule has 8 aromatic rings. The van der Waals surface area contributed by atoms with E-state index in [1.165, 1.54) is 0 Å². The van der Waals surface area contributed by atoms with Gasteiger partial charge < -0.3 is 8.83 Å². The molecule has 144 valence electrons. The molecular weight excluding hydrogens is 386 g/mol. The van der Waals surface area contributed by atoms with Gasteiger partial charge in [-0.3, -0.25) is 9.38 Å². The molecule has 8 rings (SSSR count). The lowest BCUT2D eigenvalue weighted by molar-refractivity contribution is 0.665. The molecule has 0 aliphatic rings. The molecular formula is C26H13N3O2. The fourth-order valence-electron chi connectivity index (χ4n) is 4.96. The van der Waals surface area contributed by atoms with Crippen molar-refractivity contribution in [3.05, 3.63) is 79.3 Å². The molecule has 0 aliphatic carbocycles. The summed E-state index contributed by atoms with van der Waals surface area (Å²) in [6.45, 7) is 0. The second-order valence-electron chi connectivity index (χ2n) is 7.90. The zero-order valence-corrected chi connectivity index (χ0v) is 16.2. The normalized spacial score (nSPS) is 12.5. The Labute approximate surface area is 174 Å².